The third kappa shape index (κ3) is 5.00. The average Bonchev–Trinajstić information content (AvgIpc) is 2.78. The van der Waals surface area contributed by atoms with Crippen molar-refractivity contribution in [1.29, 1.82) is 0 Å². The minimum atomic E-state index is -3.74. The van der Waals surface area contributed by atoms with E-state index < -0.39 is 10.0 Å². The molecule has 1 atom stereocenters. The minimum absolute atomic E-state index is 0.131. The molecule has 0 saturated carbocycles. The van der Waals surface area contributed by atoms with Gasteiger partial charge in [-0.2, -0.15) is 0 Å². The SMILES string of the molecule is COc1ccccc1C(C)NC(=O)c1ccc(N(C)S(=O)(=O)c2ccc(Cl)cc2)cc1. The van der Waals surface area contributed by atoms with Gasteiger partial charge in [0.1, 0.15) is 5.75 Å². The molecule has 3 aromatic rings. The van der Waals surface area contributed by atoms with Crippen molar-refractivity contribution in [2.24, 2.45) is 0 Å². The van der Waals surface area contributed by atoms with Gasteiger partial charge in [0.05, 0.1) is 23.7 Å². The van der Waals surface area contributed by atoms with Crippen LogP contribution in [0.15, 0.2) is 77.7 Å². The van der Waals surface area contributed by atoms with Crippen LogP contribution in [0.2, 0.25) is 5.02 Å². The summed E-state index contributed by atoms with van der Waals surface area (Å²) in [7, 11) is -0.699. The highest BCUT2D eigenvalue weighted by Crippen LogP contribution is 2.26. The number of amides is 1. The summed E-state index contributed by atoms with van der Waals surface area (Å²) >= 11 is 5.84. The zero-order valence-electron chi connectivity index (χ0n) is 17.4. The summed E-state index contributed by atoms with van der Waals surface area (Å²) in [6.07, 6.45) is 0. The maximum Gasteiger partial charge on any atom is 0.264 e. The first kappa shape index (κ1) is 22.7. The van der Waals surface area contributed by atoms with Crippen molar-refractivity contribution >= 4 is 33.2 Å². The van der Waals surface area contributed by atoms with E-state index in [4.69, 9.17) is 16.3 Å². The minimum Gasteiger partial charge on any atom is -0.496 e. The molecule has 8 heteroatoms. The molecule has 0 heterocycles. The Morgan fingerprint density at radius 1 is 1.00 bits per heavy atom. The van der Waals surface area contributed by atoms with Gasteiger partial charge >= 0.3 is 0 Å². The lowest BCUT2D eigenvalue weighted by Crippen LogP contribution is -2.28. The van der Waals surface area contributed by atoms with Crippen molar-refractivity contribution in [3.63, 3.8) is 0 Å². The fourth-order valence-electron chi connectivity index (χ4n) is 3.11. The van der Waals surface area contributed by atoms with E-state index in [-0.39, 0.29) is 16.8 Å². The third-order valence-corrected chi connectivity index (χ3v) is 6.97. The Morgan fingerprint density at radius 2 is 1.61 bits per heavy atom. The number of nitrogens with zero attached hydrogens (tertiary/aromatic N) is 1. The van der Waals surface area contributed by atoms with Gasteiger partial charge in [0, 0.05) is 23.2 Å². The lowest BCUT2D eigenvalue weighted by Gasteiger charge is -2.20. The lowest BCUT2D eigenvalue weighted by atomic mass is 10.1. The van der Waals surface area contributed by atoms with E-state index in [0.29, 0.717) is 22.0 Å². The molecule has 0 aliphatic heterocycles. The van der Waals surface area contributed by atoms with Crippen LogP contribution in [0.25, 0.3) is 0 Å². The van der Waals surface area contributed by atoms with E-state index in [9.17, 15) is 13.2 Å². The van der Waals surface area contributed by atoms with Gasteiger partial charge in [-0.3, -0.25) is 9.10 Å². The molecule has 0 radical (unpaired) electrons. The number of carbonyl (C=O) groups is 1. The Balaban J connectivity index is 1.74. The summed E-state index contributed by atoms with van der Waals surface area (Å²) in [4.78, 5) is 12.8. The molecule has 1 amide bonds. The number of nitrogens with one attached hydrogen (secondary N) is 1. The number of hydrogen-bond acceptors (Lipinski definition) is 4. The predicted octanol–water partition coefficient (Wildman–Crippen LogP) is 4.66. The number of ether oxygens (including phenoxy) is 1. The Bertz CT molecular complexity index is 1160. The quantitative estimate of drug-likeness (QED) is 0.558. The molecule has 0 bridgehead atoms. The van der Waals surface area contributed by atoms with Gasteiger partial charge in [0.15, 0.2) is 0 Å². The highest BCUT2D eigenvalue weighted by Gasteiger charge is 2.22. The summed E-state index contributed by atoms with van der Waals surface area (Å²) in [5.74, 6) is 0.424. The summed E-state index contributed by atoms with van der Waals surface area (Å²) in [6, 6.07) is 19.5. The van der Waals surface area contributed by atoms with Crippen LogP contribution in [0.3, 0.4) is 0 Å². The number of halogens is 1. The third-order valence-electron chi connectivity index (χ3n) is 4.92. The molecule has 0 saturated heterocycles. The summed E-state index contributed by atoms with van der Waals surface area (Å²) < 4.78 is 32.1. The van der Waals surface area contributed by atoms with Gasteiger partial charge in [0.25, 0.3) is 15.9 Å². The van der Waals surface area contributed by atoms with E-state index in [1.54, 1.807) is 31.4 Å². The van der Waals surface area contributed by atoms with Crippen LogP contribution in [-0.2, 0) is 10.0 Å². The number of carbonyl (C=O) groups excluding carboxylic acids is 1. The van der Waals surface area contributed by atoms with Gasteiger partial charge in [0.2, 0.25) is 0 Å². The van der Waals surface area contributed by atoms with Crippen molar-refractivity contribution in [1.82, 2.24) is 5.32 Å². The van der Waals surface area contributed by atoms with Crippen LogP contribution >= 0.6 is 11.6 Å². The van der Waals surface area contributed by atoms with Crippen molar-refractivity contribution in [3.05, 3.63) is 88.9 Å². The molecular weight excluding hydrogens is 436 g/mol. The molecule has 0 aromatic heterocycles. The maximum atomic E-state index is 12.8. The fraction of sp³-hybridized carbons (Fsp3) is 0.174. The first-order chi connectivity index (χ1) is 14.7. The zero-order chi connectivity index (χ0) is 22.6. The fourth-order valence-corrected chi connectivity index (χ4v) is 4.43. The van der Waals surface area contributed by atoms with E-state index in [0.717, 1.165) is 9.87 Å². The van der Waals surface area contributed by atoms with Crippen molar-refractivity contribution in [2.45, 2.75) is 17.9 Å². The Hall–Kier alpha value is -3.03. The molecular formula is C23H23ClN2O4S. The van der Waals surface area contributed by atoms with Crippen molar-refractivity contribution in [3.8, 4) is 5.75 Å². The van der Waals surface area contributed by atoms with Crippen LogP contribution in [0, 0.1) is 0 Å². The molecule has 3 aromatic carbocycles. The number of rotatable bonds is 7. The second-order valence-corrected chi connectivity index (χ2v) is 9.32. The van der Waals surface area contributed by atoms with E-state index in [2.05, 4.69) is 5.32 Å². The van der Waals surface area contributed by atoms with Crippen LogP contribution < -0.4 is 14.4 Å². The molecule has 162 valence electrons. The largest absolute Gasteiger partial charge is 0.496 e. The van der Waals surface area contributed by atoms with E-state index >= 15 is 0 Å². The van der Waals surface area contributed by atoms with Gasteiger partial charge in [-0.15, -0.1) is 0 Å². The molecule has 0 aliphatic carbocycles. The van der Waals surface area contributed by atoms with Crippen LogP contribution in [0.1, 0.15) is 28.9 Å². The molecule has 31 heavy (non-hydrogen) atoms. The molecule has 3 rings (SSSR count). The highest BCUT2D eigenvalue weighted by atomic mass is 35.5. The molecule has 1 unspecified atom stereocenters. The summed E-state index contributed by atoms with van der Waals surface area (Å²) in [5, 5.41) is 3.39. The topological polar surface area (TPSA) is 75.7 Å². The predicted molar refractivity (Wildman–Crippen MR) is 122 cm³/mol. The zero-order valence-corrected chi connectivity index (χ0v) is 18.9. The summed E-state index contributed by atoms with van der Waals surface area (Å²) in [5.41, 5.74) is 1.72. The summed E-state index contributed by atoms with van der Waals surface area (Å²) in [6.45, 7) is 1.87. The Labute approximate surface area is 187 Å². The van der Waals surface area contributed by atoms with Crippen molar-refractivity contribution in [2.75, 3.05) is 18.5 Å². The average molecular weight is 459 g/mol. The number of para-hydroxylation sites is 1. The number of benzene rings is 3. The van der Waals surface area contributed by atoms with Crippen LogP contribution in [0.4, 0.5) is 5.69 Å². The highest BCUT2D eigenvalue weighted by molar-refractivity contribution is 7.92. The Kier molecular flexibility index (Phi) is 6.87. The number of sulfonamides is 1. The first-order valence-electron chi connectivity index (χ1n) is 9.52. The standard InChI is InChI=1S/C23H23ClN2O4S/c1-16(21-6-4-5-7-22(21)30-3)25-23(27)17-8-12-19(13-9-17)26(2)31(28,29)20-14-10-18(24)11-15-20/h4-16H,1-3H3,(H,25,27). The monoisotopic (exact) mass is 458 g/mol. The molecule has 0 spiro atoms. The van der Waals surface area contributed by atoms with Gasteiger partial charge in [-0.25, -0.2) is 8.42 Å². The normalized spacial score (nSPS) is 12.1. The lowest BCUT2D eigenvalue weighted by molar-refractivity contribution is 0.0939. The van der Waals surface area contributed by atoms with E-state index in [1.807, 2.05) is 31.2 Å². The maximum absolute atomic E-state index is 12.8. The van der Waals surface area contributed by atoms with Crippen LogP contribution in [-0.4, -0.2) is 28.5 Å². The van der Waals surface area contributed by atoms with E-state index in [1.165, 1.54) is 31.3 Å². The van der Waals surface area contributed by atoms with Crippen molar-refractivity contribution < 1.29 is 17.9 Å². The van der Waals surface area contributed by atoms with Gasteiger partial charge < -0.3 is 10.1 Å². The number of methoxy groups -OCH3 is 1. The molecule has 0 fully saturated rings. The first-order valence-corrected chi connectivity index (χ1v) is 11.3. The Morgan fingerprint density at radius 3 is 2.23 bits per heavy atom. The second kappa shape index (κ2) is 9.41. The molecule has 1 N–H and O–H groups in total. The number of anilines is 1. The smallest absolute Gasteiger partial charge is 0.264 e. The van der Waals surface area contributed by atoms with Crippen LogP contribution in [0.5, 0.6) is 5.75 Å². The van der Waals surface area contributed by atoms with Gasteiger partial charge in [-0.05, 0) is 61.5 Å². The molecule has 0 aliphatic rings. The molecule has 6 nitrogen and oxygen atoms in total. The van der Waals surface area contributed by atoms with Gasteiger partial charge in [-0.1, -0.05) is 29.8 Å². The number of hydrogen-bond donors (Lipinski definition) is 1. The second-order valence-electron chi connectivity index (χ2n) is 6.91.